The third-order valence-corrected chi connectivity index (χ3v) is 4.44. The van der Waals surface area contributed by atoms with Gasteiger partial charge >= 0.3 is 5.97 Å². The Kier molecular flexibility index (Phi) is 4.90. The number of nitrogens with zero attached hydrogens (tertiary/aromatic N) is 3. The fourth-order valence-corrected chi connectivity index (χ4v) is 3.16. The molecule has 0 aliphatic carbocycles. The number of piperazine rings is 1. The number of carbonyl (C=O) groups is 1. The lowest BCUT2D eigenvalue weighted by molar-refractivity contribution is -0.147. The topological polar surface area (TPSA) is 45.7 Å². The van der Waals surface area contributed by atoms with E-state index in [1.807, 2.05) is 20.0 Å². The van der Waals surface area contributed by atoms with Gasteiger partial charge in [-0.25, -0.2) is 4.98 Å². The highest BCUT2D eigenvalue weighted by Crippen LogP contribution is 2.16. The van der Waals surface area contributed by atoms with E-state index in [2.05, 4.69) is 14.8 Å². The average Bonchev–Trinajstić information content (AvgIpc) is 2.83. The molecule has 1 aromatic rings. The highest BCUT2D eigenvalue weighted by Gasteiger charge is 2.26. The molecule has 0 unspecified atom stereocenters. The van der Waals surface area contributed by atoms with E-state index in [0.29, 0.717) is 0 Å². The van der Waals surface area contributed by atoms with E-state index < -0.39 is 0 Å². The van der Waals surface area contributed by atoms with Gasteiger partial charge in [-0.15, -0.1) is 11.3 Å². The number of thiazole rings is 1. The number of esters is 1. The maximum absolute atomic E-state index is 11.5. The molecule has 1 aliphatic heterocycles. The fourth-order valence-electron chi connectivity index (χ4n) is 2.33. The van der Waals surface area contributed by atoms with Gasteiger partial charge in [0.15, 0.2) is 0 Å². The smallest absolute Gasteiger partial charge is 0.322 e. The van der Waals surface area contributed by atoms with E-state index in [9.17, 15) is 4.79 Å². The normalized spacial score (nSPS) is 19.3. The van der Waals surface area contributed by atoms with E-state index in [0.717, 1.165) is 37.7 Å². The molecule has 1 aromatic heterocycles. The number of rotatable bonds is 4. The Balaban J connectivity index is 1.80. The van der Waals surface area contributed by atoms with Gasteiger partial charge in [0.25, 0.3) is 0 Å². The second kappa shape index (κ2) is 6.45. The summed E-state index contributed by atoms with van der Waals surface area (Å²) in [6, 6.07) is -0.141. The van der Waals surface area contributed by atoms with Crippen LogP contribution in [0.15, 0.2) is 6.20 Å². The molecular weight excluding hydrogens is 262 g/mol. The first kappa shape index (κ1) is 14.4. The van der Waals surface area contributed by atoms with Crippen LogP contribution in [-0.4, -0.2) is 60.1 Å². The number of aryl methyl sites for hydroxylation is 1. The molecule has 1 saturated heterocycles. The number of methoxy groups -OCH3 is 1. The van der Waals surface area contributed by atoms with Crippen molar-refractivity contribution in [3.05, 3.63) is 16.1 Å². The Bertz CT molecular complexity index is 427. The molecule has 1 fully saturated rings. The maximum atomic E-state index is 11.5. The van der Waals surface area contributed by atoms with Gasteiger partial charge in [0.2, 0.25) is 0 Å². The zero-order chi connectivity index (χ0) is 13.8. The molecule has 0 radical (unpaired) electrons. The standard InChI is InChI=1S/C13H21N3O2S/c1-10(13(17)18-3)16-6-4-15(5-7-16)9-12-8-14-11(2)19-12/h8,10H,4-7,9H2,1-3H3/t10-/m0/s1. The molecule has 0 spiro atoms. The second-order valence-corrected chi connectivity index (χ2v) is 6.18. The van der Waals surface area contributed by atoms with E-state index in [-0.39, 0.29) is 12.0 Å². The summed E-state index contributed by atoms with van der Waals surface area (Å²) in [4.78, 5) is 21.7. The van der Waals surface area contributed by atoms with Crippen LogP contribution in [0.5, 0.6) is 0 Å². The van der Waals surface area contributed by atoms with Crippen molar-refractivity contribution in [2.45, 2.75) is 26.4 Å². The quantitative estimate of drug-likeness (QED) is 0.775. The predicted octanol–water partition coefficient (Wildman–Crippen LogP) is 1.13. The number of carbonyl (C=O) groups excluding carboxylic acids is 1. The van der Waals surface area contributed by atoms with Crippen LogP contribution in [0.2, 0.25) is 0 Å². The highest BCUT2D eigenvalue weighted by atomic mass is 32.1. The molecule has 0 amide bonds. The molecule has 1 atom stereocenters. The van der Waals surface area contributed by atoms with Crippen LogP contribution < -0.4 is 0 Å². The monoisotopic (exact) mass is 283 g/mol. The van der Waals surface area contributed by atoms with Gasteiger partial charge < -0.3 is 4.74 Å². The minimum absolute atomic E-state index is 0.141. The van der Waals surface area contributed by atoms with Gasteiger partial charge in [-0.1, -0.05) is 0 Å². The van der Waals surface area contributed by atoms with Gasteiger partial charge in [0.1, 0.15) is 6.04 Å². The lowest BCUT2D eigenvalue weighted by atomic mass is 10.2. The predicted molar refractivity (Wildman–Crippen MR) is 75.2 cm³/mol. The van der Waals surface area contributed by atoms with Crippen molar-refractivity contribution in [3.63, 3.8) is 0 Å². The summed E-state index contributed by atoms with van der Waals surface area (Å²) >= 11 is 1.76. The van der Waals surface area contributed by atoms with Crippen molar-refractivity contribution < 1.29 is 9.53 Å². The molecule has 2 rings (SSSR count). The lowest BCUT2D eigenvalue weighted by Gasteiger charge is -2.36. The van der Waals surface area contributed by atoms with E-state index in [4.69, 9.17) is 4.74 Å². The third kappa shape index (κ3) is 3.75. The molecule has 2 heterocycles. The number of aromatic nitrogens is 1. The Morgan fingerprint density at radius 1 is 1.47 bits per heavy atom. The van der Waals surface area contributed by atoms with Crippen LogP contribution in [0.4, 0.5) is 0 Å². The molecule has 5 nitrogen and oxygen atoms in total. The Hall–Kier alpha value is -0.980. The first-order chi connectivity index (χ1) is 9.10. The maximum Gasteiger partial charge on any atom is 0.322 e. The molecule has 0 aromatic carbocycles. The van der Waals surface area contributed by atoms with Crippen molar-refractivity contribution in [1.82, 2.24) is 14.8 Å². The molecule has 0 saturated carbocycles. The van der Waals surface area contributed by atoms with Crippen LogP contribution in [-0.2, 0) is 16.1 Å². The zero-order valence-corrected chi connectivity index (χ0v) is 12.6. The number of ether oxygens (including phenoxy) is 1. The largest absolute Gasteiger partial charge is 0.468 e. The summed E-state index contributed by atoms with van der Waals surface area (Å²) < 4.78 is 4.79. The van der Waals surface area contributed by atoms with E-state index in [1.54, 1.807) is 11.3 Å². The van der Waals surface area contributed by atoms with Crippen molar-refractivity contribution >= 4 is 17.3 Å². The van der Waals surface area contributed by atoms with Gasteiger partial charge in [0, 0.05) is 43.8 Å². The molecule has 0 bridgehead atoms. The molecule has 19 heavy (non-hydrogen) atoms. The Labute approximate surface area is 118 Å². The first-order valence-electron chi connectivity index (χ1n) is 6.55. The highest BCUT2D eigenvalue weighted by molar-refractivity contribution is 7.11. The van der Waals surface area contributed by atoms with Crippen molar-refractivity contribution in [2.24, 2.45) is 0 Å². The number of hydrogen-bond acceptors (Lipinski definition) is 6. The molecule has 106 valence electrons. The summed E-state index contributed by atoms with van der Waals surface area (Å²) in [5.41, 5.74) is 0. The molecular formula is C13H21N3O2S. The van der Waals surface area contributed by atoms with Crippen LogP contribution >= 0.6 is 11.3 Å². The molecule has 1 aliphatic rings. The van der Waals surface area contributed by atoms with Crippen LogP contribution in [0.25, 0.3) is 0 Å². The molecule has 0 N–H and O–H groups in total. The second-order valence-electron chi connectivity index (χ2n) is 4.86. The Morgan fingerprint density at radius 2 is 2.16 bits per heavy atom. The Morgan fingerprint density at radius 3 is 2.68 bits per heavy atom. The van der Waals surface area contributed by atoms with E-state index >= 15 is 0 Å². The van der Waals surface area contributed by atoms with Crippen LogP contribution in [0.3, 0.4) is 0 Å². The lowest BCUT2D eigenvalue weighted by Crippen LogP contribution is -2.51. The van der Waals surface area contributed by atoms with Crippen molar-refractivity contribution in [3.8, 4) is 0 Å². The summed E-state index contributed by atoms with van der Waals surface area (Å²) in [5, 5.41) is 1.12. The molecule has 6 heteroatoms. The van der Waals surface area contributed by atoms with Gasteiger partial charge in [-0.05, 0) is 13.8 Å². The minimum Gasteiger partial charge on any atom is -0.468 e. The average molecular weight is 283 g/mol. The zero-order valence-electron chi connectivity index (χ0n) is 11.8. The van der Waals surface area contributed by atoms with Gasteiger partial charge in [-0.3, -0.25) is 14.6 Å². The fraction of sp³-hybridized carbons (Fsp3) is 0.692. The first-order valence-corrected chi connectivity index (χ1v) is 7.37. The third-order valence-electron chi connectivity index (χ3n) is 3.55. The van der Waals surface area contributed by atoms with Crippen LogP contribution in [0.1, 0.15) is 16.8 Å². The summed E-state index contributed by atoms with van der Waals surface area (Å²) in [5.74, 6) is -0.147. The minimum atomic E-state index is -0.147. The van der Waals surface area contributed by atoms with E-state index in [1.165, 1.54) is 12.0 Å². The summed E-state index contributed by atoms with van der Waals surface area (Å²) in [6.07, 6.45) is 1.96. The van der Waals surface area contributed by atoms with Crippen molar-refractivity contribution in [1.29, 1.82) is 0 Å². The summed E-state index contributed by atoms with van der Waals surface area (Å²) in [6.45, 7) is 8.70. The number of hydrogen-bond donors (Lipinski definition) is 0. The summed E-state index contributed by atoms with van der Waals surface area (Å²) in [7, 11) is 1.45. The SMILES string of the molecule is COC(=O)[C@H](C)N1CCN(Cc2cnc(C)s2)CC1. The van der Waals surface area contributed by atoms with Gasteiger partial charge in [-0.2, -0.15) is 0 Å². The van der Waals surface area contributed by atoms with Gasteiger partial charge in [0.05, 0.1) is 12.1 Å². The van der Waals surface area contributed by atoms with Crippen LogP contribution in [0, 0.1) is 6.92 Å². The van der Waals surface area contributed by atoms with Crippen molar-refractivity contribution in [2.75, 3.05) is 33.3 Å².